The molecule has 4 heteroatoms. The van der Waals surface area contributed by atoms with Crippen molar-refractivity contribution in [2.45, 2.75) is 19.3 Å². The predicted molar refractivity (Wildman–Crippen MR) is 63.2 cm³/mol. The quantitative estimate of drug-likeness (QED) is 0.835. The number of rotatable bonds is 4. The first-order valence-electron chi connectivity index (χ1n) is 4.93. The van der Waals surface area contributed by atoms with Gasteiger partial charge in [-0.3, -0.25) is 0 Å². The Bertz CT molecular complexity index is 301. The molecule has 0 radical (unpaired) electrons. The van der Waals surface area contributed by atoms with Gasteiger partial charge >= 0.3 is 0 Å². The molecule has 1 aromatic heterocycles. The highest BCUT2D eigenvalue weighted by Crippen LogP contribution is 2.40. The first-order valence-corrected chi connectivity index (χ1v) is 6.13. The molecule has 0 aliphatic heterocycles. The summed E-state index contributed by atoms with van der Waals surface area (Å²) in [5, 5.41) is 4.56. The van der Waals surface area contributed by atoms with Crippen LogP contribution in [0.25, 0.3) is 0 Å². The zero-order valence-corrected chi connectivity index (χ0v) is 9.63. The Hall–Kier alpha value is -0.250. The van der Waals surface area contributed by atoms with E-state index in [0.29, 0.717) is 5.41 Å². The van der Waals surface area contributed by atoms with Crippen LogP contribution in [0, 0.1) is 5.41 Å². The highest BCUT2D eigenvalue weighted by Gasteiger charge is 2.35. The van der Waals surface area contributed by atoms with Gasteiger partial charge in [0.05, 0.1) is 9.34 Å². The predicted octanol–water partition coefficient (Wildman–Crippen LogP) is 2.94. The number of nitrogens with two attached hydrogens (primary N) is 1. The molecule has 1 aliphatic carbocycles. The molecule has 1 aromatic rings. The average molecular weight is 231 g/mol. The second kappa shape index (κ2) is 4.09. The van der Waals surface area contributed by atoms with Gasteiger partial charge in [0.1, 0.15) is 0 Å². The third-order valence-corrected chi connectivity index (χ3v) is 4.25. The van der Waals surface area contributed by atoms with Crippen molar-refractivity contribution in [1.29, 1.82) is 0 Å². The number of anilines is 1. The zero-order chi connectivity index (χ0) is 10.0. The van der Waals surface area contributed by atoms with Gasteiger partial charge in [-0.15, -0.1) is 11.3 Å². The maximum atomic E-state index is 5.85. The smallest absolute Gasteiger partial charge is 0.0950 e. The van der Waals surface area contributed by atoms with Crippen molar-refractivity contribution < 1.29 is 0 Å². The Kier molecular flexibility index (Phi) is 3.00. The summed E-state index contributed by atoms with van der Waals surface area (Å²) in [4.78, 5) is 0. The highest BCUT2D eigenvalue weighted by molar-refractivity contribution is 7.19. The van der Waals surface area contributed by atoms with Crippen molar-refractivity contribution in [1.82, 2.24) is 0 Å². The number of hydrogen-bond acceptors (Lipinski definition) is 3. The minimum absolute atomic E-state index is 0.358. The summed E-state index contributed by atoms with van der Waals surface area (Å²) in [6.07, 6.45) is 3.84. The van der Waals surface area contributed by atoms with Gasteiger partial charge in [0.2, 0.25) is 0 Å². The van der Waals surface area contributed by atoms with Crippen LogP contribution in [0.5, 0.6) is 0 Å². The van der Waals surface area contributed by atoms with Gasteiger partial charge in [-0.25, -0.2) is 0 Å². The molecular formula is C10H15ClN2S. The summed E-state index contributed by atoms with van der Waals surface area (Å²) in [6, 6.07) is 3.94. The molecule has 0 atom stereocenters. The van der Waals surface area contributed by atoms with Gasteiger partial charge < -0.3 is 11.1 Å². The van der Waals surface area contributed by atoms with E-state index in [4.69, 9.17) is 17.3 Å². The van der Waals surface area contributed by atoms with Crippen molar-refractivity contribution in [2.75, 3.05) is 18.4 Å². The number of halogens is 1. The molecule has 0 unspecified atom stereocenters. The van der Waals surface area contributed by atoms with Gasteiger partial charge in [-0.05, 0) is 36.9 Å². The molecule has 2 nitrogen and oxygen atoms in total. The Morgan fingerprint density at radius 1 is 1.50 bits per heavy atom. The summed E-state index contributed by atoms with van der Waals surface area (Å²) in [6.45, 7) is 1.78. The molecule has 1 heterocycles. The highest BCUT2D eigenvalue weighted by atomic mass is 35.5. The van der Waals surface area contributed by atoms with Gasteiger partial charge in [0, 0.05) is 6.54 Å². The van der Waals surface area contributed by atoms with E-state index < -0.39 is 0 Å². The molecule has 0 spiro atoms. The fourth-order valence-corrected chi connectivity index (χ4v) is 2.75. The Morgan fingerprint density at radius 3 is 2.71 bits per heavy atom. The topological polar surface area (TPSA) is 38.0 Å². The van der Waals surface area contributed by atoms with Crippen molar-refractivity contribution in [3.63, 3.8) is 0 Å². The van der Waals surface area contributed by atoms with Gasteiger partial charge in [0.25, 0.3) is 0 Å². The first-order chi connectivity index (χ1) is 6.74. The van der Waals surface area contributed by atoms with Crippen LogP contribution in [0.3, 0.4) is 0 Å². The lowest BCUT2D eigenvalue weighted by Crippen LogP contribution is -2.42. The van der Waals surface area contributed by atoms with Gasteiger partial charge in [0.15, 0.2) is 0 Å². The fourth-order valence-electron chi connectivity index (χ4n) is 1.81. The molecule has 2 rings (SSSR count). The lowest BCUT2D eigenvalue weighted by Gasteiger charge is -2.41. The van der Waals surface area contributed by atoms with Crippen molar-refractivity contribution in [2.24, 2.45) is 11.1 Å². The number of thiophene rings is 1. The van der Waals surface area contributed by atoms with E-state index in [9.17, 15) is 0 Å². The fraction of sp³-hybridized carbons (Fsp3) is 0.600. The molecule has 3 N–H and O–H groups in total. The van der Waals surface area contributed by atoms with E-state index in [1.54, 1.807) is 11.3 Å². The first kappa shape index (κ1) is 10.3. The molecular weight excluding hydrogens is 216 g/mol. The van der Waals surface area contributed by atoms with Crippen LogP contribution in [0.15, 0.2) is 12.1 Å². The monoisotopic (exact) mass is 230 g/mol. The van der Waals surface area contributed by atoms with Crippen LogP contribution in [0.4, 0.5) is 5.00 Å². The number of hydrogen-bond donors (Lipinski definition) is 2. The third kappa shape index (κ3) is 2.05. The van der Waals surface area contributed by atoms with Gasteiger partial charge in [-0.2, -0.15) is 0 Å². The molecule has 0 aromatic carbocycles. The molecule has 14 heavy (non-hydrogen) atoms. The Labute approximate surface area is 93.4 Å². The summed E-state index contributed by atoms with van der Waals surface area (Å²) >= 11 is 7.43. The normalized spacial score (nSPS) is 19.0. The van der Waals surface area contributed by atoms with Crippen LogP contribution in [-0.4, -0.2) is 13.1 Å². The van der Waals surface area contributed by atoms with E-state index in [1.807, 2.05) is 12.1 Å². The molecule has 0 saturated heterocycles. The van der Waals surface area contributed by atoms with Crippen molar-refractivity contribution >= 4 is 27.9 Å². The van der Waals surface area contributed by atoms with Gasteiger partial charge in [-0.1, -0.05) is 18.0 Å². The molecule has 0 amide bonds. The average Bonchev–Trinajstić information content (AvgIpc) is 2.50. The Balaban J connectivity index is 1.87. The maximum absolute atomic E-state index is 5.85. The van der Waals surface area contributed by atoms with E-state index in [2.05, 4.69) is 5.32 Å². The molecule has 1 saturated carbocycles. The zero-order valence-electron chi connectivity index (χ0n) is 8.05. The SMILES string of the molecule is NCC1(CNc2ccc(Cl)s2)CCC1. The third-order valence-electron chi connectivity index (χ3n) is 3.06. The van der Waals surface area contributed by atoms with E-state index >= 15 is 0 Å². The van der Waals surface area contributed by atoms with Crippen LogP contribution in [-0.2, 0) is 0 Å². The van der Waals surface area contributed by atoms with E-state index in [-0.39, 0.29) is 0 Å². The summed E-state index contributed by atoms with van der Waals surface area (Å²) < 4.78 is 0.836. The summed E-state index contributed by atoms with van der Waals surface area (Å²) in [5.74, 6) is 0. The van der Waals surface area contributed by atoms with E-state index in [0.717, 1.165) is 22.4 Å². The van der Waals surface area contributed by atoms with Crippen molar-refractivity contribution in [3.8, 4) is 0 Å². The van der Waals surface area contributed by atoms with Crippen molar-refractivity contribution in [3.05, 3.63) is 16.5 Å². The summed E-state index contributed by atoms with van der Waals surface area (Å²) in [7, 11) is 0. The second-order valence-corrected chi connectivity index (χ2v) is 5.73. The van der Waals surface area contributed by atoms with Crippen LogP contribution in [0.2, 0.25) is 4.34 Å². The maximum Gasteiger partial charge on any atom is 0.0950 e. The summed E-state index contributed by atoms with van der Waals surface area (Å²) in [5.41, 5.74) is 6.13. The lowest BCUT2D eigenvalue weighted by atomic mass is 9.69. The van der Waals surface area contributed by atoms with Crippen LogP contribution in [0.1, 0.15) is 19.3 Å². The van der Waals surface area contributed by atoms with E-state index in [1.165, 1.54) is 19.3 Å². The molecule has 1 aliphatic rings. The molecule has 78 valence electrons. The standard InChI is InChI=1S/C10H15ClN2S/c11-8-2-3-9(14-8)13-7-10(6-12)4-1-5-10/h2-3,13H,1,4-7,12H2. The molecule has 0 bridgehead atoms. The van der Waals surface area contributed by atoms with Crippen LogP contribution < -0.4 is 11.1 Å². The minimum Gasteiger partial charge on any atom is -0.376 e. The second-order valence-electron chi connectivity index (χ2n) is 4.01. The largest absolute Gasteiger partial charge is 0.376 e. The van der Waals surface area contributed by atoms with Crippen LogP contribution >= 0.6 is 22.9 Å². The Morgan fingerprint density at radius 2 is 2.29 bits per heavy atom. The number of nitrogens with one attached hydrogen (secondary N) is 1. The molecule has 1 fully saturated rings. The minimum atomic E-state index is 0.358. The lowest BCUT2D eigenvalue weighted by molar-refractivity contribution is 0.163.